The van der Waals surface area contributed by atoms with Crippen molar-refractivity contribution in [3.8, 4) is 79.9 Å². The number of fused-ring (bicyclic) bond motifs is 14. The number of benzene rings is 10. The van der Waals surface area contributed by atoms with E-state index < -0.39 is 0 Å². The molecule has 0 atom stereocenters. The molecule has 0 N–H and O–H groups in total. The SMILES string of the molecule is N#Cc1cccc(-c2ccc3sc4ccc5c6cc(-c7cc(C#N)cc(-c8ccc(-c9cccc%10c9sc9ccc%11c%12cccc(-c%13cccc(C#N)c%13)c%12sc%11c9%10)cc8C#N)c7)ccc6sc5c4c3c2)c1. The van der Waals surface area contributed by atoms with Gasteiger partial charge in [-0.2, -0.15) is 21.0 Å². The maximum absolute atomic E-state index is 10.8. The minimum absolute atomic E-state index is 0.527. The summed E-state index contributed by atoms with van der Waals surface area (Å²) in [5.41, 5.74) is 12.2. The topological polar surface area (TPSA) is 95.2 Å². The van der Waals surface area contributed by atoms with Gasteiger partial charge in [0.25, 0.3) is 0 Å². The molecular weight excluding hydrogens is 953 g/mol. The molecule has 8 heteroatoms. The maximum Gasteiger partial charge on any atom is 0.0998 e. The van der Waals surface area contributed by atoms with Crippen molar-refractivity contribution in [1.29, 1.82) is 21.0 Å². The largest absolute Gasteiger partial charge is 0.192 e. The number of hydrogen-bond donors (Lipinski definition) is 0. The third-order valence-electron chi connectivity index (χ3n) is 14.0. The van der Waals surface area contributed by atoms with Crippen LogP contribution in [0.3, 0.4) is 0 Å². The van der Waals surface area contributed by atoms with E-state index in [0.717, 1.165) is 61.0 Å². The van der Waals surface area contributed by atoms with E-state index in [9.17, 15) is 21.0 Å². The molecule has 0 radical (unpaired) electrons. The second kappa shape index (κ2) is 16.3. The van der Waals surface area contributed by atoms with E-state index in [-0.39, 0.29) is 0 Å². The highest BCUT2D eigenvalue weighted by Gasteiger charge is 2.20. The van der Waals surface area contributed by atoms with Crippen LogP contribution >= 0.6 is 45.3 Å². The van der Waals surface area contributed by atoms with Crippen LogP contribution in [0.4, 0.5) is 0 Å². The van der Waals surface area contributed by atoms with E-state index >= 15 is 0 Å². The van der Waals surface area contributed by atoms with Crippen LogP contribution in [-0.4, -0.2) is 0 Å². The van der Waals surface area contributed by atoms with Crippen LogP contribution in [0.15, 0.2) is 182 Å². The molecule has 4 nitrogen and oxygen atoms in total. The predicted molar refractivity (Wildman–Crippen MR) is 304 cm³/mol. The molecule has 0 aliphatic carbocycles. The van der Waals surface area contributed by atoms with Crippen LogP contribution < -0.4 is 0 Å². The molecule has 72 heavy (non-hydrogen) atoms. The maximum atomic E-state index is 10.8. The molecule has 0 fully saturated rings. The Labute approximate surface area is 428 Å². The second-order valence-electron chi connectivity index (χ2n) is 18.0. The van der Waals surface area contributed by atoms with Gasteiger partial charge in [-0.15, -0.1) is 45.3 Å². The summed E-state index contributed by atoms with van der Waals surface area (Å²) in [6.07, 6.45) is 0. The van der Waals surface area contributed by atoms with Crippen molar-refractivity contribution in [3.63, 3.8) is 0 Å². The third-order valence-corrected chi connectivity index (χ3v) is 18.8. The Hall–Kier alpha value is -8.96. The zero-order valence-corrected chi connectivity index (χ0v) is 41.0. The van der Waals surface area contributed by atoms with Gasteiger partial charge < -0.3 is 0 Å². The Morgan fingerprint density at radius 1 is 0.264 bits per heavy atom. The summed E-state index contributed by atoms with van der Waals surface area (Å²) in [4.78, 5) is 0. The van der Waals surface area contributed by atoms with Gasteiger partial charge in [-0.05, 0) is 141 Å². The first-order valence-corrected chi connectivity index (χ1v) is 26.4. The van der Waals surface area contributed by atoms with Gasteiger partial charge in [0.1, 0.15) is 0 Å². The Balaban J connectivity index is 0.848. The van der Waals surface area contributed by atoms with Gasteiger partial charge in [-0.3, -0.25) is 0 Å². The van der Waals surface area contributed by atoms with Gasteiger partial charge in [0.05, 0.1) is 46.5 Å². The lowest BCUT2D eigenvalue weighted by molar-refractivity contribution is 1.46. The quantitative estimate of drug-likeness (QED) is 0.172. The van der Waals surface area contributed by atoms with Crippen molar-refractivity contribution in [3.05, 3.63) is 204 Å². The van der Waals surface area contributed by atoms with E-state index in [1.165, 1.54) is 75.3 Å². The molecule has 0 aliphatic rings. The zero-order valence-electron chi connectivity index (χ0n) is 37.7. The van der Waals surface area contributed by atoms with Gasteiger partial charge in [0.2, 0.25) is 0 Å². The molecule has 14 aromatic rings. The first kappa shape index (κ1) is 42.0. The molecule has 0 aliphatic heterocycles. The van der Waals surface area contributed by atoms with Gasteiger partial charge in [0, 0.05) is 80.7 Å². The third kappa shape index (κ3) is 6.50. The van der Waals surface area contributed by atoms with E-state index in [2.05, 4.69) is 146 Å². The fourth-order valence-electron chi connectivity index (χ4n) is 10.6. The number of nitriles is 4. The van der Waals surface area contributed by atoms with Gasteiger partial charge >= 0.3 is 0 Å². The van der Waals surface area contributed by atoms with E-state index in [1.54, 1.807) is 34.0 Å². The first-order valence-electron chi connectivity index (χ1n) is 23.2. The van der Waals surface area contributed by atoms with Crippen LogP contribution in [0, 0.1) is 45.3 Å². The lowest BCUT2D eigenvalue weighted by Crippen LogP contribution is -1.90. The van der Waals surface area contributed by atoms with Crippen molar-refractivity contribution < 1.29 is 0 Å². The zero-order chi connectivity index (χ0) is 48.2. The number of hydrogen-bond acceptors (Lipinski definition) is 8. The minimum Gasteiger partial charge on any atom is -0.192 e. The smallest absolute Gasteiger partial charge is 0.0998 e. The fourth-order valence-corrected chi connectivity index (χ4v) is 15.8. The van der Waals surface area contributed by atoms with Crippen LogP contribution in [-0.2, 0) is 0 Å². The van der Waals surface area contributed by atoms with Crippen molar-refractivity contribution in [2.24, 2.45) is 0 Å². The average molecular weight is 983 g/mol. The van der Waals surface area contributed by atoms with Crippen molar-refractivity contribution >= 4 is 126 Å². The van der Waals surface area contributed by atoms with Gasteiger partial charge in [0.15, 0.2) is 0 Å². The lowest BCUT2D eigenvalue weighted by Gasteiger charge is -2.11. The second-order valence-corrected chi connectivity index (χ2v) is 22.2. The lowest BCUT2D eigenvalue weighted by atomic mass is 9.91. The predicted octanol–water partition coefficient (Wildman–Crippen LogP) is 19.0. The average Bonchev–Trinajstić information content (AvgIpc) is 4.22. The first-order chi connectivity index (χ1) is 35.4. The fraction of sp³-hybridized carbons (Fsp3) is 0. The molecular formula is C64H30N4S4. The number of rotatable bonds is 5. The monoisotopic (exact) mass is 982 g/mol. The summed E-state index contributed by atoms with van der Waals surface area (Å²) in [6, 6.07) is 72.2. The Morgan fingerprint density at radius 3 is 1.51 bits per heavy atom. The molecule has 0 bridgehead atoms. The van der Waals surface area contributed by atoms with Gasteiger partial charge in [-0.1, -0.05) is 97.1 Å². The molecule has 10 aromatic carbocycles. The van der Waals surface area contributed by atoms with Crippen molar-refractivity contribution in [2.75, 3.05) is 0 Å². The Morgan fingerprint density at radius 2 is 0.764 bits per heavy atom. The Bertz CT molecular complexity index is 4880. The molecule has 4 aromatic heterocycles. The van der Waals surface area contributed by atoms with Crippen LogP contribution in [0.2, 0.25) is 0 Å². The molecule has 0 saturated carbocycles. The van der Waals surface area contributed by atoms with E-state index in [1.807, 2.05) is 72.0 Å². The molecule has 0 spiro atoms. The summed E-state index contributed by atoms with van der Waals surface area (Å²) in [5, 5.41) is 50.0. The normalized spacial score (nSPS) is 11.6. The van der Waals surface area contributed by atoms with Crippen molar-refractivity contribution in [1.82, 2.24) is 0 Å². The summed E-state index contributed by atoms with van der Waals surface area (Å²) >= 11 is 7.20. The molecule has 0 unspecified atom stereocenters. The highest BCUT2D eigenvalue weighted by Crippen LogP contribution is 2.50. The van der Waals surface area contributed by atoms with Crippen LogP contribution in [0.25, 0.3) is 136 Å². The van der Waals surface area contributed by atoms with Crippen LogP contribution in [0.5, 0.6) is 0 Å². The highest BCUT2D eigenvalue weighted by atomic mass is 32.1. The van der Waals surface area contributed by atoms with Gasteiger partial charge in [-0.25, -0.2) is 0 Å². The van der Waals surface area contributed by atoms with E-state index in [4.69, 9.17) is 0 Å². The summed E-state index contributed by atoms with van der Waals surface area (Å²) in [5.74, 6) is 0. The van der Waals surface area contributed by atoms with Crippen molar-refractivity contribution in [2.45, 2.75) is 0 Å². The summed E-state index contributed by atoms with van der Waals surface area (Å²) in [6.45, 7) is 0. The standard InChI is InChI=1S/C64H30N4S4/c65-31-35-5-1-7-38(23-35)39-14-20-56-54(30-39)60-57(69-56)21-18-51-53-29-40(15-19-55(53)70-63(51)60)43-25-37(33-67)26-44(28-43)46-16-13-42(27-45(46)34-68)48-10-4-12-52-59-58(71-62(48)52)22-17-50-49-11-3-9-47(61(49)72-64(50)59)41-8-2-6-36(24-41)32-66/h1-30H. The van der Waals surface area contributed by atoms with E-state index in [0.29, 0.717) is 22.3 Å². The van der Waals surface area contributed by atoms with Crippen LogP contribution in [0.1, 0.15) is 22.3 Å². The molecule has 0 amide bonds. The summed E-state index contributed by atoms with van der Waals surface area (Å²) < 4.78 is 9.71. The Kier molecular flexibility index (Phi) is 9.51. The molecule has 0 saturated heterocycles. The minimum atomic E-state index is 0.527. The molecule has 14 rings (SSSR count). The highest BCUT2D eigenvalue weighted by molar-refractivity contribution is 7.31. The number of thiophene rings is 4. The number of nitrogens with zero attached hydrogens (tertiary/aromatic N) is 4. The molecule has 330 valence electrons. The summed E-state index contributed by atoms with van der Waals surface area (Å²) in [7, 11) is 0. The molecule has 4 heterocycles.